The fourth-order valence-corrected chi connectivity index (χ4v) is 2.05. The second-order valence-corrected chi connectivity index (χ2v) is 4.33. The normalized spacial score (nSPS) is 10.6. The standard InChI is InChI=1S/C13H14ClN3O2/c1-3-6-17-11-5-4-9(15-12(18)8-19-2)7-10(11)13(14)16-17/h3-5,7H,1,6,8H2,2H3,(H,15,18). The number of hydrogen-bond donors (Lipinski definition) is 1. The molecule has 0 saturated heterocycles. The summed E-state index contributed by atoms with van der Waals surface area (Å²) in [6, 6.07) is 5.45. The number of aromatic nitrogens is 2. The number of methoxy groups -OCH3 is 1. The van der Waals surface area contributed by atoms with Gasteiger partial charge in [-0.25, -0.2) is 0 Å². The zero-order valence-corrected chi connectivity index (χ0v) is 11.3. The van der Waals surface area contributed by atoms with Gasteiger partial charge in [-0.1, -0.05) is 17.7 Å². The molecular formula is C13H14ClN3O2. The second-order valence-electron chi connectivity index (χ2n) is 3.97. The molecule has 1 N–H and O–H groups in total. The lowest BCUT2D eigenvalue weighted by Gasteiger charge is -2.05. The van der Waals surface area contributed by atoms with Gasteiger partial charge in [0.15, 0.2) is 5.15 Å². The van der Waals surface area contributed by atoms with Crippen LogP contribution in [0.2, 0.25) is 5.15 Å². The molecule has 0 radical (unpaired) electrons. The van der Waals surface area contributed by atoms with Gasteiger partial charge in [-0.2, -0.15) is 5.10 Å². The molecule has 0 aliphatic rings. The number of nitrogens with zero attached hydrogens (tertiary/aromatic N) is 2. The van der Waals surface area contributed by atoms with Crippen molar-refractivity contribution >= 4 is 34.1 Å². The molecule has 0 aliphatic heterocycles. The van der Waals surface area contributed by atoms with Gasteiger partial charge in [0.05, 0.1) is 12.1 Å². The first-order chi connectivity index (χ1) is 9.15. The molecule has 19 heavy (non-hydrogen) atoms. The number of fused-ring (bicyclic) bond motifs is 1. The van der Waals surface area contributed by atoms with E-state index in [2.05, 4.69) is 17.0 Å². The molecule has 0 spiro atoms. The van der Waals surface area contributed by atoms with Crippen LogP contribution in [0.25, 0.3) is 10.9 Å². The number of hydrogen-bond acceptors (Lipinski definition) is 3. The third kappa shape index (κ3) is 2.94. The average Bonchev–Trinajstić information content (AvgIpc) is 2.67. The van der Waals surface area contributed by atoms with Crippen LogP contribution in [0.5, 0.6) is 0 Å². The Bertz CT molecular complexity index is 622. The molecule has 0 aliphatic carbocycles. The first kappa shape index (κ1) is 13.6. The van der Waals surface area contributed by atoms with Gasteiger partial charge in [-0.15, -0.1) is 6.58 Å². The molecule has 6 heteroatoms. The summed E-state index contributed by atoms with van der Waals surface area (Å²) in [4.78, 5) is 11.4. The van der Waals surface area contributed by atoms with Gasteiger partial charge in [0.25, 0.3) is 0 Å². The van der Waals surface area contributed by atoms with Crippen LogP contribution in [0.4, 0.5) is 5.69 Å². The molecule has 0 saturated carbocycles. The van der Waals surface area contributed by atoms with E-state index in [1.807, 2.05) is 6.07 Å². The van der Waals surface area contributed by atoms with Crippen LogP contribution in [0, 0.1) is 0 Å². The fraction of sp³-hybridized carbons (Fsp3) is 0.231. The number of allylic oxidation sites excluding steroid dienone is 1. The average molecular weight is 280 g/mol. The summed E-state index contributed by atoms with van der Waals surface area (Å²) in [5.74, 6) is -0.212. The molecule has 0 atom stereocenters. The van der Waals surface area contributed by atoms with Gasteiger partial charge in [-0.3, -0.25) is 9.48 Å². The largest absolute Gasteiger partial charge is 0.375 e. The molecule has 2 rings (SSSR count). The molecule has 2 aromatic rings. The number of carbonyl (C=O) groups is 1. The van der Waals surface area contributed by atoms with E-state index in [0.717, 1.165) is 10.9 Å². The minimum absolute atomic E-state index is 0.0154. The van der Waals surface area contributed by atoms with Crippen molar-refractivity contribution in [2.75, 3.05) is 19.0 Å². The quantitative estimate of drug-likeness (QED) is 0.856. The lowest BCUT2D eigenvalue weighted by atomic mass is 10.2. The Labute approximate surface area is 115 Å². The van der Waals surface area contributed by atoms with Gasteiger partial charge in [0, 0.05) is 18.2 Å². The molecule has 1 amide bonds. The number of nitrogens with one attached hydrogen (secondary N) is 1. The lowest BCUT2D eigenvalue weighted by molar-refractivity contribution is -0.119. The SMILES string of the molecule is C=CCn1nc(Cl)c2cc(NC(=O)COC)ccc21. The van der Waals surface area contributed by atoms with E-state index >= 15 is 0 Å². The predicted octanol–water partition coefficient (Wildman–Crippen LogP) is 2.46. The summed E-state index contributed by atoms with van der Waals surface area (Å²) in [6.45, 7) is 4.27. The molecule has 1 aromatic heterocycles. The highest BCUT2D eigenvalue weighted by Crippen LogP contribution is 2.26. The summed E-state index contributed by atoms with van der Waals surface area (Å²) < 4.78 is 6.51. The van der Waals surface area contributed by atoms with E-state index in [1.165, 1.54) is 7.11 Å². The van der Waals surface area contributed by atoms with E-state index in [0.29, 0.717) is 17.4 Å². The third-order valence-corrected chi connectivity index (χ3v) is 2.85. The maximum Gasteiger partial charge on any atom is 0.250 e. The number of anilines is 1. The van der Waals surface area contributed by atoms with E-state index in [9.17, 15) is 4.79 Å². The van der Waals surface area contributed by atoms with Crippen LogP contribution in [0.1, 0.15) is 0 Å². The maximum absolute atomic E-state index is 11.4. The van der Waals surface area contributed by atoms with Crippen LogP contribution in [-0.2, 0) is 16.1 Å². The van der Waals surface area contributed by atoms with E-state index in [-0.39, 0.29) is 12.5 Å². The van der Waals surface area contributed by atoms with Crippen molar-refractivity contribution in [1.29, 1.82) is 0 Å². The van der Waals surface area contributed by atoms with Gasteiger partial charge < -0.3 is 10.1 Å². The Morgan fingerprint density at radius 1 is 1.63 bits per heavy atom. The first-order valence-electron chi connectivity index (χ1n) is 5.71. The highest BCUT2D eigenvalue weighted by Gasteiger charge is 2.09. The summed E-state index contributed by atoms with van der Waals surface area (Å²) in [5, 5.41) is 8.13. The van der Waals surface area contributed by atoms with Crippen molar-refractivity contribution < 1.29 is 9.53 Å². The number of benzene rings is 1. The Morgan fingerprint density at radius 3 is 3.11 bits per heavy atom. The Balaban J connectivity index is 2.33. The Kier molecular flexibility index (Phi) is 4.19. The Morgan fingerprint density at radius 2 is 2.42 bits per heavy atom. The topological polar surface area (TPSA) is 56.2 Å². The van der Waals surface area contributed by atoms with Gasteiger partial charge in [0.2, 0.25) is 5.91 Å². The monoisotopic (exact) mass is 279 g/mol. The first-order valence-corrected chi connectivity index (χ1v) is 6.09. The fourth-order valence-electron chi connectivity index (χ4n) is 1.81. The van der Waals surface area contributed by atoms with Crippen LogP contribution in [-0.4, -0.2) is 29.4 Å². The zero-order valence-electron chi connectivity index (χ0n) is 10.5. The summed E-state index contributed by atoms with van der Waals surface area (Å²) in [5.41, 5.74) is 1.56. The van der Waals surface area contributed by atoms with Crippen LogP contribution >= 0.6 is 11.6 Å². The van der Waals surface area contributed by atoms with Crippen molar-refractivity contribution in [3.63, 3.8) is 0 Å². The van der Waals surface area contributed by atoms with Crippen molar-refractivity contribution in [2.45, 2.75) is 6.54 Å². The molecule has 0 fully saturated rings. The van der Waals surface area contributed by atoms with Crippen LogP contribution < -0.4 is 5.32 Å². The number of halogens is 1. The van der Waals surface area contributed by atoms with Gasteiger partial charge in [0.1, 0.15) is 6.61 Å². The van der Waals surface area contributed by atoms with Crippen molar-refractivity contribution in [2.24, 2.45) is 0 Å². The van der Waals surface area contributed by atoms with E-state index in [4.69, 9.17) is 16.3 Å². The van der Waals surface area contributed by atoms with Gasteiger partial charge in [-0.05, 0) is 18.2 Å². The molecule has 100 valence electrons. The number of ether oxygens (including phenoxy) is 1. The molecule has 1 heterocycles. The maximum atomic E-state index is 11.4. The molecular weight excluding hydrogens is 266 g/mol. The highest BCUT2D eigenvalue weighted by molar-refractivity contribution is 6.34. The molecule has 1 aromatic carbocycles. The minimum atomic E-state index is -0.212. The minimum Gasteiger partial charge on any atom is -0.375 e. The number of amides is 1. The van der Waals surface area contributed by atoms with E-state index < -0.39 is 0 Å². The molecule has 0 unspecified atom stereocenters. The summed E-state index contributed by atoms with van der Waals surface area (Å²) in [7, 11) is 1.47. The molecule has 5 nitrogen and oxygen atoms in total. The third-order valence-electron chi connectivity index (χ3n) is 2.57. The van der Waals surface area contributed by atoms with Crippen LogP contribution in [0.3, 0.4) is 0 Å². The number of carbonyl (C=O) groups excluding carboxylic acids is 1. The van der Waals surface area contributed by atoms with E-state index in [1.54, 1.807) is 22.9 Å². The smallest absolute Gasteiger partial charge is 0.250 e. The lowest BCUT2D eigenvalue weighted by Crippen LogP contribution is -2.16. The predicted molar refractivity (Wildman–Crippen MR) is 75.4 cm³/mol. The second kappa shape index (κ2) is 5.86. The molecule has 0 bridgehead atoms. The summed E-state index contributed by atoms with van der Waals surface area (Å²) >= 11 is 6.08. The summed E-state index contributed by atoms with van der Waals surface area (Å²) in [6.07, 6.45) is 1.75. The Hall–Kier alpha value is -1.85. The van der Waals surface area contributed by atoms with Gasteiger partial charge >= 0.3 is 0 Å². The van der Waals surface area contributed by atoms with Crippen LogP contribution in [0.15, 0.2) is 30.9 Å². The highest BCUT2D eigenvalue weighted by atomic mass is 35.5. The van der Waals surface area contributed by atoms with Crippen molar-refractivity contribution in [1.82, 2.24) is 9.78 Å². The number of rotatable bonds is 5. The zero-order chi connectivity index (χ0) is 13.8. The van der Waals surface area contributed by atoms with Crippen molar-refractivity contribution in [3.05, 3.63) is 36.0 Å². The van der Waals surface area contributed by atoms with Crippen molar-refractivity contribution in [3.8, 4) is 0 Å².